The molecular formula is C8H5Br2N3OS. The van der Waals surface area contributed by atoms with Gasteiger partial charge in [-0.1, -0.05) is 0 Å². The van der Waals surface area contributed by atoms with E-state index in [1.54, 1.807) is 13.1 Å². The minimum atomic E-state index is -0.119. The molecule has 0 aliphatic rings. The van der Waals surface area contributed by atoms with Gasteiger partial charge in [-0.05, 0) is 37.9 Å². The van der Waals surface area contributed by atoms with Gasteiger partial charge in [0.15, 0.2) is 5.82 Å². The lowest BCUT2D eigenvalue weighted by Crippen LogP contribution is -2.08. The maximum Gasteiger partial charge on any atom is 0.239 e. The van der Waals surface area contributed by atoms with E-state index in [9.17, 15) is 4.79 Å². The number of aromatic nitrogens is 3. The number of hydrogen-bond acceptors (Lipinski definition) is 4. The first-order valence-electron chi connectivity index (χ1n) is 3.93. The van der Waals surface area contributed by atoms with Crippen molar-refractivity contribution in [2.45, 2.75) is 0 Å². The third kappa shape index (κ3) is 2.04. The molecule has 15 heavy (non-hydrogen) atoms. The van der Waals surface area contributed by atoms with E-state index in [-0.39, 0.29) is 5.78 Å². The molecule has 2 heterocycles. The highest BCUT2D eigenvalue weighted by Crippen LogP contribution is 2.33. The van der Waals surface area contributed by atoms with Gasteiger partial charge in [-0.15, -0.1) is 11.3 Å². The molecule has 0 aromatic carbocycles. The van der Waals surface area contributed by atoms with Crippen molar-refractivity contribution < 1.29 is 4.79 Å². The molecule has 0 spiro atoms. The molecule has 0 unspecified atom stereocenters. The van der Waals surface area contributed by atoms with Gasteiger partial charge in [0, 0.05) is 11.5 Å². The molecule has 0 radical (unpaired) electrons. The zero-order chi connectivity index (χ0) is 11.0. The minimum Gasteiger partial charge on any atom is -0.284 e. The van der Waals surface area contributed by atoms with Gasteiger partial charge in [0.2, 0.25) is 5.78 Å². The van der Waals surface area contributed by atoms with Crippen molar-refractivity contribution in [1.82, 2.24) is 14.8 Å². The lowest BCUT2D eigenvalue weighted by atomic mass is 10.3. The number of hydrogen-bond donors (Lipinski definition) is 0. The zero-order valence-electron chi connectivity index (χ0n) is 7.57. The Labute approximate surface area is 107 Å². The predicted octanol–water partition coefficient (Wildman–Crippen LogP) is 2.63. The molecule has 0 saturated carbocycles. The molecule has 78 valence electrons. The molecule has 2 aromatic rings. The SMILES string of the molecule is Cn1ncnc1C(=O)c1cc(Br)c(Br)s1. The van der Waals surface area contributed by atoms with Crippen LogP contribution in [0.2, 0.25) is 0 Å². The number of carbonyl (C=O) groups is 1. The molecule has 2 aromatic heterocycles. The molecular weight excluding hydrogens is 346 g/mol. The van der Waals surface area contributed by atoms with Crippen molar-refractivity contribution in [2.24, 2.45) is 7.05 Å². The topological polar surface area (TPSA) is 47.8 Å². The summed E-state index contributed by atoms with van der Waals surface area (Å²) in [5.74, 6) is 0.225. The molecule has 2 rings (SSSR count). The first-order chi connectivity index (χ1) is 7.09. The summed E-state index contributed by atoms with van der Waals surface area (Å²) in [5.41, 5.74) is 0. The molecule has 0 bridgehead atoms. The van der Waals surface area contributed by atoms with Crippen LogP contribution in [-0.2, 0) is 7.05 Å². The Hall–Kier alpha value is -0.530. The predicted molar refractivity (Wildman–Crippen MR) is 64.2 cm³/mol. The molecule has 4 nitrogen and oxygen atoms in total. The van der Waals surface area contributed by atoms with E-state index in [0.717, 1.165) is 8.26 Å². The average molecular weight is 351 g/mol. The van der Waals surface area contributed by atoms with Crippen molar-refractivity contribution in [3.05, 3.63) is 31.4 Å². The van der Waals surface area contributed by atoms with Crippen LogP contribution < -0.4 is 0 Å². The van der Waals surface area contributed by atoms with Crippen molar-refractivity contribution >= 4 is 49.0 Å². The number of aryl methyl sites for hydroxylation is 1. The number of thiophene rings is 1. The standard InChI is InChI=1S/C8H5Br2N3OS/c1-13-8(11-3-12-13)6(14)5-2-4(9)7(10)15-5/h2-3H,1H3. The second-order valence-corrected chi connectivity index (χ2v) is 5.99. The van der Waals surface area contributed by atoms with Crippen molar-refractivity contribution in [3.63, 3.8) is 0 Å². The van der Waals surface area contributed by atoms with Crippen LogP contribution in [0.25, 0.3) is 0 Å². The summed E-state index contributed by atoms with van der Waals surface area (Å²) >= 11 is 8.05. The third-order valence-electron chi connectivity index (χ3n) is 1.78. The summed E-state index contributed by atoms with van der Waals surface area (Å²) in [4.78, 5) is 16.5. The Morgan fingerprint density at radius 2 is 2.27 bits per heavy atom. The van der Waals surface area contributed by atoms with Gasteiger partial charge in [0.05, 0.1) is 8.66 Å². The van der Waals surface area contributed by atoms with Gasteiger partial charge >= 0.3 is 0 Å². The van der Waals surface area contributed by atoms with E-state index < -0.39 is 0 Å². The number of nitrogens with zero attached hydrogens (tertiary/aromatic N) is 3. The minimum absolute atomic E-state index is 0.119. The Balaban J connectivity index is 2.41. The molecule has 7 heteroatoms. The molecule has 0 N–H and O–H groups in total. The summed E-state index contributed by atoms with van der Waals surface area (Å²) in [7, 11) is 1.69. The summed E-state index contributed by atoms with van der Waals surface area (Å²) < 4.78 is 3.23. The van der Waals surface area contributed by atoms with Gasteiger partial charge in [0.25, 0.3) is 0 Å². The van der Waals surface area contributed by atoms with Crippen LogP contribution in [0.1, 0.15) is 15.5 Å². The highest BCUT2D eigenvalue weighted by atomic mass is 79.9. The van der Waals surface area contributed by atoms with Crippen LogP contribution in [0.15, 0.2) is 20.7 Å². The fourth-order valence-corrected chi connectivity index (χ4v) is 3.04. The van der Waals surface area contributed by atoms with Gasteiger partial charge in [-0.3, -0.25) is 4.79 Å². The maximum atomic E-state index is 11.9. The summed E-state index contributed by atoms with van der Waals surface area (Å²) in [6, 6.07) is 1.77. The van der Waals surface area contributed by atoms with Gasteiger partial charge in [-0.2, -0.15) is 5.10 Å². The number of carbonyl (C=O) groups excluding carboxylic acids is 1. The Kier molecular flexibility index (Phi) is 3.03. The zero-order valence-corrected chi connectivity index (χ0v) is 11.6. The maximum absolute atomic E-state index is 11.9. The van der Waals surface area contributed by atoms with Gasteiger partial charge in [-0.25, -0.2) is 9.67 Å². The smallest absolute Gasteiger partial charge is 0.239 e. The Bertz CT molecular complexity index is 500. The number of ketones is 1. The first kappa shape index (κ1) is 11.0. The van der Waals surface area contributed by atoms with Crippen molar-refractivity contribution in [1.29, 1.82) is 0 Å². The molecule has 0 atom stereocenters. The van der Waals surface area contributed by atoms with E-state index in [1.807, 2.05) is 0 Å². The van der Waals surface area contributed by atoms with Gasteiger partial charge in [0.1, 0.15) is 6.33 Å². The second-order valence-electron chi connectivity index (χ2n) is 2.77. The first-order valence-corrected chi connectivity index (χ1v) is 6.33. The van der Waals surface area contributed by atoms with Crippen LogP contribution in [0, 0.1) is 0 Å². The summed E-state index contributed by atoms with van der Waals surface area (Å²) in [6.07, 6.45) is 1.37. The van der Waals surface area contributed by atoms with E-state index in [2.05, 4.69) is 41.9 Å². The summed E-state index contributed by atoms with van der Waals surface area (Å²) in [5, 5.41) is 3.86. The average Bonchev–Trinajstić information content (AvgIpc) is 2.74. The monoisotopic (exact) mass is 349 g/mol. The van der Waals surface area contributed by atoms with E-state index >= 15 is 0 Å². The number of halogens is 2. The van der Waals surface area contributed by atoms with Crippen molar-refractivity contribution in [2.75, 3.05) is 0 Å². The van der Waals surface area contributed by atoms with E-state index in [0.29, 0.717) is 10.7 Å². The Morgan fingerprint density at radius 1 is 1.53 bits per heavy atom. The Morgan fingerprint density at radius 3 is 2.73 bits per heavy atom. The second kappa shape index (κ2) is 4.15. The van der Waals surface area contributed by atoms with Crippen LogP contribution in [0.3, 0.4) is 0 Å². The van der Waals surface area contributed by atoms with E-state index in [1.165, 1.54) is 22.3 Å². The highest BCUT2D eigenvalue weighted by Gasteiger charge is 2.18. The fourth-order valence-electron chi connectivity index (χ4n) is 1.07. The molecule has 0 fully saturated rings. The number of rotatable bonds is 2. The van der Waals surface area contributed by atoms with Crippen LogP contribution in [0.4, 0.5) is 0 Å². The lowest BCUT2D eigenvalue weighted by molar-refractivity contribution is 0.102. The molecule has 0 aliphatic carbocycles. The fraction of sp³-hybridized carbons (Fsp3) is 0.125. The van der Waals surface area contributed by atoms with Crippen molar-refractivity contribution in [3.8, 4) is 0 Å². The van der Waals surface area contributed by atoms with E-state index in [4.69, 9.17) is 0 Å². The van der Waals surface area contributed by atoms with Gasteiger partial charge < -0.3 is 0 Å². The van der Waals surface area contributed by atoms with Crippen LogP contribution >= 0.6 is 43.2 Å². The quantitative estimate of drug-likeness (QED) is 0.782. The lowest BCUT2D eigenvalue weighted by Gasteiger charge is -1.95. The third-order valence-corrected chi connectivity index (χ3v) is 5.04. The molecule has 0 amide bonds. The molecule has 0 saturated heterocycles. The van der Waals surface area contributed by atoms with Crippen LogP contribution in [0.5, 0.6) is 0 Å². The summed E-state index contributed by atoms with van der Waals surface area (Å²) in [6.45, 7) is 0. The normalized spacial score (nSPS) is 10.6. The largest absolute Gasteiger partial charge is 0.284 e. The highest BCUT2D eigenvalue weighted by molar-refractivity contribution is 9.13. The molecule has 0 aliphatic heterocycles. The van der Waals surface area contributed by atoms with Crippen LogP contribution in [-0.4, -0.2) is 20.5 Å².